The number of nitrogens with one attached hydrogen (secondary N) is 2. The summed E-state index contributed by atoms with van der Waals surface area (Å²) in [4.78, 5) is 6.68. The van der Waals surface area contributed by atoms with Gasteiger partial charge in [-0.1, -0.05) is 6.07 Å². The lowest BCUT2D eigenvalue weighted by atomic mass is 9.97. The smallest absolute Gasteiger partial charge is 0.231 e. The first kappa shape index (κ1) is 20.4. The SMILES string of the molecule is CN=C(NCc1ccc2c(c1)OCO2)NCC1(N(C)C)CCSC1.I. The molecule has 0 saturated carbocycles. The summed E-state index contributed by atoms with van der Waals surface area (Å²) in [6.45, 7) is 1.90. The molecule has 0 bridgehead atoms. The summed E-state index contributed by atoms with van der Waals surface area (Å²) in [5.41, 5.74) is 1.35. The number of hydrogen-bond acceptors (Lipinski definition) is 5. The van der Waals surface area contributed by atoms with Crippen molar-refractivity contribution >= 4 is 41.7 Å². The van der Waals surface area contributed by atoms with Crippen molar-refractivity contribution in [2.75, 3.05) is 46.0 Å². The number of benzene rings is 1. The maximum absolute atomic E-state index is 5.42. The molecule has 1 aromatic carbocycles. The Labute approximate surface area is 171 Å². The molecule has 2 aliphatic rings. The first-order valence-corrected chi connectivity index (χ1v) is 9.37. The van der Waals surface area contributed by atoms with Crippen LogP contribution in [0.15, 0.2) is 23.2 Å². The standard InChI is InChI=1S/C17H26N4O2S.HI/c1-18-16(20-10-17(21(2)3)6-7-24-11-17)19-9-13-4-5-14-15(8-13)23-12-22-14;/h4-5,8H,6-7,9-12H2,1-3H3,(H2,18,19,20);1H. The van der Waals surface area contributed by atoms with Gasteiger partial charge < -0.3 is 25.0 Å². The Bertz CT molecular complexity index is 606. The van der Waals surface area contributed by atoms with E-state index in [1.54, 1.807) is 7.05 Å². The van der Waals surface area contributed by atoms with Crippen LogP contribution in [-0.2, 0) is 6.54 Å². The third kappa shape index (κ3) is 4.85. The van der Waals surface area contributed by atoms with Gasteiger partial charge in [0, 0.05) is 31.4 Å². The lowest BCUT2D eigenvalue weighted by molar-refractivity contribution is 0.174. The molecule has 8 heteroatoms. The van der Waals surface area contributed by atoms with Crippen LogP contribution < -0.4 is 20.1 Å². The summed E-state index contributed by atoms with van der Waals surface area (Å²) in [6, 6.07) is 6.01. The number of aliphatic imine (C=N–C) groups is 1. The zero-order valence-corrected chi connectivity index (χ0v) is 18.1. The Hall–Kier alpha value is -0.870. The maximum atomic E-state index is 5.42. The average Bonchev–Trinajstić information content (AvgIpc) is 3.24. The van der Waals surface area contributed by atoms with E-state index >= 15 is 0 Å². The molecule has 6 nitrogen and oxygen atoms in total. The van der Waals surface area contributed by atoms with E-state index in [1.165, 1.54) is 12.2 Å². The molecule has 2 heterocycles. The van der Waals surface area contributed by atoms with Crippen LogP contribution in [0.3, 0.4) is 0 Å². The Morgan fingerprint density at radius 1 is 1.28 bits per heavy atom. The average molecular weight is 478 g/mol. The highest BCUT2D eigenvalue weighted by Gasteiger charge is 2.36. The molecule has 2 N–H and O–H groups in total. The molecule has 140 valence electrons. The fourth-order valence-corrected chi connectivity index (χ4v) is 4.51. The molecule has 3 rings (SSSR count). The summed E-state index contributed by atoms with van der Waals surface area (Å²) in [7, 11) is 6.13. The molecule has 0 spiro atoms. The number of fused-ring (bicyclic) bond motifs is 1. The summed E-state index contributed by atoms with van der Waals surface area (Å²) >= 11 is 2.02. The van der Waals surface area contributed by atoms with Crippen molar-refractivity contribution in [3.05, 3.63) is 23.8 Å². The van der Waals surface area contributed by atoms with Gasteiger partial charge in [-0.05, 0) is 44.0 Å². The second-order valence-electron chi connectivity index (χ2n) is 6.39. The number of likely N-dealkylation sites (N-methyl/N-ethyl adjacent to an activating group) is 1. The molecule has 1 atom stereocenters. The number of thioether (sulfide) groups is 1. The van der Waals surface area contributed by atoms with Crippen LogP contribution in [0.4, 0.5) is 0 Å². The third-order valence-corrected chi connectivity index (χ3v) is 5.97. The lowest BCUT2D eigenvalue weighted by Crippen LogP contribution is -2.54. The van der Waals surface area contributed by atoms with Crippen LogP contribution in [0.25, 0.3) is 0 Å². The fraction of sp³-hybridized carbons (Fsp3) is 0.588. The van der Waals surface area contributed by atoms with Crippen LogP contribution in [0.2, 0.25) is 0 Å². The minimum absolute atomic E-state index is 0. The second-order valence-corrected chi connectivity index (χ2v) is 7.49. The molecule has 1 fully saturated rings. The molecule has 0 aromatic heterocycles. The van der Waals surface area contributed by atoms with Gasteiger partial charge in [0.2, 0.25) is 6.79 Å². The van der Waals surface area contributed by atoms with Gasteiger partial charge in [-0.3, -0.25) is 4.99 Å². The third-order valence-electron chi connectivity index (χ3n) is 4.74. The van der Waals surface area contributed by atoms with Crippen LogP contribution in [0, 0.1) is 0 Å². The molecular formula is C17H27IN4O2S. The van der Waals surface area contributed by atoms with Crippen LogP contribution >= 0.6 is 35.7 Å². The Morgan fingerprint density at radius 3 is 2.76 bits per heavy atom. The molecule has 0 aliphatic carbocycles. The van der Waals surface area contributed by atoms with E-state index in [9.17, 15) is 0 Å². The number of ether oxygens (including phenoxy) is 2. The molecular weight excluding hydrogens is 451 g/mol. The van der Waals surface area contributed by atoms with Gasteiger partial charge in [0.15, 0.2) is 17.5 Å². The Balaban J connectivity index is 0.00000225. The number of rotatable bonds is 5. The monoisotopic (exact) mass is 478 g/mol. The van der Waals surface area contributed by atoms with Crippen molar-refractivity contribution in [3.63, 3.8) is 0 Å². The van der Waals surface area contributed by atoms with Gasteiger partial charge in [0.25, 0.3) is 0 Å². The number of hydrogen-bond donors (Lipinski definition) is 2. The van der Waals surface area contributed by atoms with E-state index in [0.717, 1.165) is 35.3 Å². The highest BCUT2D eigenvalue weighted by atomic mass is 127. The van der Waals surface area contributed by atoms with E-state index in [2.05, 4.69) is 34.6 Å². The number of nitrogens with zero attached hydrogens (tertiary/aromatic N) is 2. The van der Waals surface area contributed by atoms with E-state index in [-0.39, 0.29) is 29.5 Å². The quantitative estimate of drug-likeness (QED) is 0.384. The Morgan fingerprint density at radius 2 is 2.08 bits per heavy atom. The van der Waals surface area contributed by atoms with Crippen molar-refractivity contribution in [2.45, 2.75) is 18.5 Å². The zero-order valence-electron chi connectivity index (χ0n) is 15.0. The van der Waals surface area contributed by atoms with Crippen LogP contribution in [0.1, 0.15) is 12.0 Å². The maximum Gasteiger partial charge on any atom is 0.231 e. The van der Waals surface area contributed by atoms with Crippen LogP contribution in [0.5, 0.6) is 11.5 Å². The Kier molecular flexibility index (Phi) is 7.51. The van der Waals surface area contributed by atoms with Crippen molar-refractivity contribution in [3.8, 4) is 11.5 Å². The molecule has 0 radical (unpaired) electrons. The van der Waals surface area contributed by atoms with Gasteiger partial charge in [-0.25, -0.2) is 0 Å². The van der Waals surface area contributed by atoms with Gasteiger partial charge in [0.05, 0.1) is 0 Å². The molecule has 1 aromatic rings. The molecule has 25 heavy (non-hydrogen) atoms. The van der Waals surface area contributed by atoms with Gasteiger partial charge in [0.1, 0.15) is 0 Å². The minimum Gasteiger partial charge on any atom is -0.454 e. The summed E-state index contributed by atoms with van der Waals surface area (Å²) < 4.78 is 10.8. The van der Waals surface area contributed by atoms with Crippen LogP contribution in [-0.4, -0.2) is 62.4 Å². The lowest BCUT2D eigenvalue weighted by Gasteiger charge is -2.36. The van der Waals surface area contributed by atoms with Gasteiger partial charge >= 0.3 is 0 Å². The van der Waals surface area contributed by atoms with Crippen molar-refractivity contribution in [1.29, 1.82) is 0 Å². The highest BCUT2D eigenvalue weighted by Crippen LogP contribution is 2.32. The molecule has 1 saturated heterocycles. The highest BCUT2D eigenvalue weighted by molar-refractivity contribution is 14.0. The predicted octanol–water partition coefficient (Wildman–Crippen LogP) is 2.14. The second kappa shape index (κ2) is 9.18. The zero-order chi connectivity index (χ0) is 17.0. The molecule has 2 aliphatic heterocycles. The number of halogens is 1. The number of guanidine groups is 1. The fourth-order valence-electron chi connectivity index (χ4n) is 2.95. The molecule has 0 amide bonds. The summed E-state index contributed by atoms with van der Waals surface area (Å²) in [5.74, 6) is 4.83. The summed E-state index contributed by atoms with van der Waals surface area (Å²) in [6.07, 6.45) is 1.21. The molecule has 1 unspecified atom stereocenters. The van der Waals surface area contributed by atoms with E-state index in [1.807, 2.05) is 30.0 Å². The van der Waals surface area contributed by atoms with Gasteiger partial charge in [-0.2, -0.15) is 11.8 Å². The normalized spacial score (nSPS) is 22.0. The predicted molar refractivity (Wildman–Crippen MR) is 115 cm³/mol. The van der Waals surface area contributed by atoms with Crippen molar-refractivity contribution in [1.82, 2.24) is 15.5 Å². The van der Waals surface area contributed by atoms with E-state index < -0.39 is 0 Å². The van der Waals surface area contributed by atoms with Gasteiger partial charge in [-0.15, -0.1) is 24.0 Å². The van der Waals surface area contributed by atoms with E-state index in [0.29, 0.717) is 13.3 Å². The van der Waals surface area contributed by atoms with Crippen molar-refractivity contribution < 1.29 is 9.47 Å². The first-order valence-electron chi connectivity index (χ1n) is 8.21. The minimum atomic E-state index is 0. The summed E-state index contributed by atoms with van der Waals surface area (Å²) in [5, 5.41) is 6.86. The van der Waals surface area contributed by atoms with Crippen molar-refractivity contribution in [2.24, 2.45) is 4.99 Å². The topological polar surface area (TPSA) is 58.1 Å². The van der Waals surface area contributed by atoms with E-state index in [4.69, 9.17) is 9.47 Å². The largest absolute Gasteiger partial charge is 0.454 e. The first-order chi connectivity index (χ1) is 11.6.